The van der Waals surface area contributed by atoms with E-state index in [-0.39, 0.29) is 6.03 Å². The second kappa shape index (κ2) is 5.80. The maximum Gasteiger partial charge on any atom is 0.321 e. The van der Waals surface area contributed by atoms with Crippen LogP contribution in [0.15, 0.2) is 18.3 Å². The van der Waals surface area contributed by atoms with Gasteiger partial charge in [0.05, 0.1) is 0 Å². The average molecular weight is 251 g/mol. The number of carbonyl (C=O) groups is 1. The standard InChI is InChI=1S/C13H18FN3O/c1-2-10-4-7-17(8-5-10)13(18)16-11-3-6-15-12(14)9-11/h3,6,9-10H,2,4-5,7-8H2,1H3,(H,15,16,18). The summed E-state index contributed by atoms with van der Waals surface area (Å²) < 4.78 is 12.9. The van der Waals surface area contributed by atoms with E-state index in [1.807, 2.05) is 0 Å². The smallest absolute Gasteiger partial charge is 0.321 e. The van der Waals surface area contributed by atoms with E-state index in [0.717, 1.165) is 31.8 Å². The number of nitrogens with one attached hydrogen (secondary N) is 1. The number of amides is 2. The number of rotatable bonds is 2. The van der Waals surface area contributed by atoms with E-state index in [4.69, 9.17) is 0 Å². The molecule has 1 aromatic heterocycles. The van der Waals surface area contributed by atoms with E-state index in [2.05, 4.69) is 17.2 Å². The van der Waals surface area contributed by atoms with Crippen molar-refractivity contribution in [2.45, 2.75) is 26.2 Å². The molecule has 0 aromatic carbocycles. The molecule has 0 unspecified atom stereocenters. The fourth-order valence-electron chi connectivity index (χ4n) is 2.23. The number of carbonyl (C=O) groups excluding carboxylic acids is 1. The van der Waals surface area contributed by atoms with Gasteiger partial charge in [-0.3, -0.25) is 0 Å². The highest BCUT2D eigenvalue weighted by molar-refractivity contribution is 5.89. The number of likely N-dealkylation sites (tertiary alicyclic amines) is 1. The van der Waals surface area contributed by atoms with Gasteiger partial charge in [-0.1, -0.05) is 13.3 Å². The number of aromatic nitrogens is 1. The molecule has 0 atom stereocenters. The van der Waals surface area contributed by atoms with Crippen LogP contribution in [0.3, 0.4) is 0 Å². The number of piperidine rings is 1. The number of urea groups is 1. The molecular formula is C13H18FN3O. The van der Waals surface area contributed by atoms with Gasteiger partial charge in [0.2, 0.25) is 5.95 Å². The van der Waals surface area contributed by atoms with Gasteiger partial charge in [0.15, 0.2) is 0 Å². The molecule has 0 aliphatic carbocycles. The van der Waals surface area contributed by atoms with Gasteiger partial charge in [-0.25, -0.2) is 9.78 Å². The van der Waals surface area contributed by atoms with Crippen molar-refractivity contribution in [1.82, 2.24) is 9.88 Å². The van der Waals surface area contributed by atoms with Gasteiger partial charge in [0.1, 0.15) is 0 Å². The first-order chi connectivity index (χ1) is 8.69. The molecule has 1 fully saturated rings. The maximum absolute atomic E-state index is 12.9. The number of nitrogens with zero attached hydrogens (tertiary/aromatic N) is 2. The molecule has 5 heteroatoms. The topological polar surface area (TPSA) is 45.2 Å². The van der Waals surface area contributed by atoms with Crippen molar-refractivity contribution < 1.29 is 9.18 Å². The van der Waals surface area contributed by atoms with Crippen molar-refractivity contribution in [1.29, 1.82) is 0 Å². The number of halogens is 1. The van der Waals surface area contributed by atoms with Crippen LogP contribution < -0.4 is 5.32 Å². The Bertz CT molecular complexity index is 416. The summed E-state index contributed by atoms with van der Waals surface area (Å²) in [6.07, 6.45) is 4.61. The minimum Gasteiger partial charge on any atom is -0.325 e. The Kier molecular flexibility index (Phi) is 4.12. The Balaban J connectivity index is 1.89. The number of hydrogen-bond acceptors (Lipinski definition) is 2. The Labute approximate surface area is 106 Å². The second-order valence-electron chi connectivity index (χ2n) is 4.64. The molecule has 1 aliphatic rings. The van der Waals surface area contributed by atoms with Crippen LogP contribution in [0.25, 0.3) is 0 Å². The van der Waals surface area contributed by atoms with Crippen molar-refractivity contribution in [3.8, 4) is 0 Å². The minimum atomic E-state index is -0.586. The first-order valence-electron chi connectivity index (χ1n) is 6.36. The van der Waals surface area contributed by atoms with Crippen LogP contribution in [-0.2, 0) is 0 Å². The number of anilines is 1. The van der Waals surface area contributed by atoms with Crippen LogP contribution in [0.2, 0.25) is 0 Å². The number of pyridine rings is 1. The lowest BCUT2D eigenvalue weighted by molar-refractivity contribution is 0.181. The molecule has 4 nitrogen and oxygen atoms in total. The van der Waals surface area contributed by atoms with Crippen LogP contribution in [-0.4, -0.2) is 29.0 Å². The van der Waals surface area contributed by atoms with E-state index < -0.39 is 5.95 Å². The normalized spacial score (nSPS) is 16.7. The molecule has 1 N–H and O–H groups in total. The molecule has 2 amide bonds. The molecule has 1 aromatic rings. The lowest BCUT2D eigenvalue weighted by atomic mass is 9.95. The molecule has 0 bridgehead atoms. The van der Waals surface area contributed by atoms with Crippen LogP contribution in [0.1, 0.15) is 26.2 Å². The van der Waals surface area contributed by atoms with Crippen molar-refractivity contribution in [2.24, 2.45) is 5.92 Å². The molecule has 2 heterocycles. The monoisotopic (exact) mass is 251 g/mol. The summed E-state index contributed by atoms with van der Waals surface area (Å²) in [5.41, 5.74) is 0.449. The molecule has 18 heavy (non-hydrogen) atoms. The summed E-state index contributed by atoms with van der Waals surface area (Å²) in [7, 11) is 0. The Morgan fingerprint density at radius 2 is 2.28 bits per heavy atom. The van der Waals surface area contributed by atoms with Crippen molar-refractivity contribution >= 4 is 11.7 Å². The molecule has 98 valence electrons. The summed E-state index contributed by atoms with van der Waals surface area (Å²) in [6.45, 7) is 3.73. The van der Waals surface area contributed by atoms with Gasteiger partial charge in [-0.05, 0) is 24.8 Å². The molecule has 1 saturated heterocycles. The van der Waals surface area contributed by atoms with Crippen LogP contribution in [0, 0.1) is 11.9 Å². The van der Waals surface area contributed by atoms with E-state index in [9.17, 15) is 9.18 Å². The van der Waals surface area contributed by atoms with E-state index in [1.54, 1.807) is 11.0 Å². The molecule has 0 radical (unpaired) electrons. The van der Waals surface area contributed by atoms with E-state index in [0.29, 0.717) is 5.69 Å². The molecule has 1 aliphatic heterocycles. The first-order valence-corrected chi connectivity index (χ1v) is 6.36. The van der Waals surface area contributed by atoms with Gasteiger partial charge in [0.25, 0.3) is 0 Å². The third-order valence-electron chi connectivity index (χ3n) is 3.46. The highest BCUT2D eigenvalue weighted by atomic mass is 19.1. The van der Waals surface area contributed by atoms with E-state index in [1.165, 1.54) is 18.7 Å². The lowest BCUT2D eigenvalue weighted by Crippen LogP contribution is -2.40. The van der Waals surface area contributed by atoms with E-state index >= 15 is 0 Å². The maximum atomic E-state index is 12.9. The summed E-state index contributed by atoms with van der Waals surface area (Å²) in [5.74, 6) is 0.143. The molecule has 2 rings (SSSR count). The van der Waals surface area contributed by atoms with Crippen LogP contribution in [0.4, 0.5) is 14.9 Å². The zero-order valence-corrected chi connectivity index (χ0v) is 10.5. The van der Waals surface area contributed by atoms with Gasteiger partial charge in [0, 0.05) is 31.0 Å². The fraction of sp³-hybridized carbons (Fsp3) is 0.538. The Morgan fingerprint density at radius 1 is 1.56 bits per heavy atom. The summed E-state index contributed by atoms with van der Waals surface area (Å²) in [6, 6.07) is 2.64. The molecular weight excluding hydrogens is 233 g/mol. The van der Waals surface area contributed by atoms with Crippen LogP contribution in [0.5, 0.6) is 0 Å². The number of hydrogen-bond donors (Lipinski definition) is 1. The lowest BCUT2D eigenvalue weighted by Gasteiger charge is -2.31. The zero-order chi connectivity index (χ0) is 13.0. The third-order valence-corrected chi connectivity index (χ3v) is 3.46. The molecule has 0 saturated carbocycles. The van der Waals surface area contributed by atoms with Crippen LogP contribution >= 0.6 is 0 Å². The zero-order valence-electron chi connectivity index (χ0n) is 10.5. The van der Waals surface area contributed by atoms with Crippen molar-refractivity contribution in [2.75, 3.05) is 18.4 Å². The summed E-state index contributed by atoms with van der Waals surface area (Å²) in [4.78, 5) is 17.2. The van der Waals surface area contributed by atoms with Gasteiger partial charge in [-0.15, -0.1) is 0 Å². The summed E-state index contributed by atoms with van der Waals surface area (Å²) in [5, 5.41) is 2.69. The minimum absolute atomic E-state index is 0.157. The Morgan fingerprint density at radius 3 is 2.89 bits per heavy atom. The van der Waals surface area contributed by atoms with Gasteiger partial charge >= 0.3 is 6.03 Å². The summed E-state index contributed by atoms with van der Waals surface area (Å²) >= 11 is 0. The average Bonchev–Trinajstić information content (AvgIpc) is 2.39. The molecule has 0 spiro atoms. The SMILES string of the molecule is CCC1CCN(C(=O)Nc2ccnc(F)c2)CC1. The highest BCUT2D eigenvalue weighted by Crippen LogP contribution is 2.20. The van der Waals surface area contributed by atoms with Gasteiger partial charge < -0.3 is 10.2 Å². The predicted octanol–water partition coefficient (Wildman–Crippen LogP) is 2.87. The quantitative estimate of drug-likeness (QED) is 0.821. The highest BCUT2D eigenvalue weighted by Gasteiger charge is 2.21. The van der Waals surface area contributed by atoms with Gasteiger partial charge in [-0.2, -0.15) is 4.39 Å². The second-order valence-corrected chi connectivity index (χ2v) is 4.64. The largest absolute Gasteiger partial charge is 0.325 e. The first kappa shape index (κ1) is 12.8. The van der Waals surface area contributed by atoms with Crippen molar-refractivity contribution in [3.05, 3.63) is 24.3 Å². The van der Waals surface area contributed by atoms with Crippen molar-refractivity contribution in [3.63, 3.8) is 0 Å². The Hall–Kier alpha value is -1.65. The fourth-order valence-corrected chi connectivity index (χ4v) is 2.23. The third kappa shape index (κ3) is 3.18. The predicted molar refractivity (Wildman–Crippen MR) is 67.8 cm³/mol.